The molecule has 1 atom stereocenters. The third-order valence-corrected chi connectivity index (χ3v) is 6.27. The molecule has 190 valence electrons. The van der Waals surface area contributed by atoms with Crippen molar-refractivity contribution in [2.45, 2.75) is 109 Å². The number of hydrogen-bond acceptors (Lipinski definition) is 6. The highest BCUT2D eigenvalue weighted by atomic mass is 32.3. The number of aromatic carboxylic acids is 1. The Kier molecular flexibility index (Phi) is 14.1. The van der Waals surface area contributed by atoms with Crippen molar-refractivity contribution in [3.8, 4) is 11.5 Å². The van der Waals surface area contributed by atoms with Crippen molar-refractivity contribution in [2.24, 2.45) is 0 Å². The Morgan fingerprint density at radius 1 is 0.879 bits per heavy atom. The van der Waals surface area contributed by atoms with Gasteiger partial charge in [-0.05, 0) is 37.3 Å². The van der Waals surface area contributed by atoms with E-state index in [0.29, 0.717) is 24.8 Å². The molecule has 8 nitrogen and oxygen atoms in total. The quantitative estimate of drug-likeness (QED) is 0.137. The van der Waals surface area contributed by atoms with E-state index < -0.39 is 28.2 Å². The van der Waals surface area contributed by atoms with E-state index in [0.717, 1.165) is 83.1 Å². The zero-order chi connectivity index (χ0) is 24.7. The molecule has 0 saturated carbocycles. The van der Waals surface area contributed by atoms with Crippen LogP contribution < -0.4 is 0 Å². The highest BCUT2D eigenvalue weighted by Gasteiger charge is 2.17. The fourth-order valence-electron chi connectivity index (χ4n) is 4.07. The average molecular weight is 489 g/mol. The van der Waals surface area contributed by atoms with Crippen molar-refractivity contribution in [1.29, 1.82) is 0 Å². The summed E-state index contributed by atoms with van der Waals surface area (Å²) in [5.74, 6) is -1.74. The zero-order valence-corrected chi connectivity index (χ0v) is 20.5. The Labute approximate surface area is 197 Å². The molecular weight excluding hydrogens is 448 g/mol. The maximum absolute atomic E-state index is 11.3. The minimum atomic E-state index is -4.41. The first-order chi connectivity index (χ1) is 15.6. The van der Waals surface area contributed by atoms with Gasteiger partial charge in [0, 0.05) is 6.07 Å². The van der Waals surface area contributed by atoms with E-state index in [2.05, 4.69) is 6.92 Å². The lowest BCUT2D eigenvalue weighted by atomic mass is 9.99. The average Bonchev–Trinajstić information content (AvgIpc) is 2.70. The molecule has 0 unspecified atom stereocenters. The lowest BCUT2D eigenvalue weighted by Gasteiger charge is -2.15. The van der Waals surface area contributed by atoms with Crippen molar-refractivity contribution in [3.63, 3.8) is 0 Å². The van der Waals surface area contributed by atoms with E-state index in [4.69, 9.17) is 8.74 Å². The van der Waals surface area contributed by atoms with Crippen LogP contribution in [-0.2, 0) is 21.0 Å². The summed E-state index contributed by atoms with van der Waals surface area (Å²) in [6.07, 6.45) is 13.3. The highest BCUT2D eigenvalue weighted by Crippen LogP contribution is 2.28. The second-order valence-corrected chi connectivity index (χ2v) is 9.71. The van der Waals surface area contributed by atoms with Gasteiger partial charge >= 0.3 is 16.4 Å². The SMILES string of the molecule is CCCCC[C@@H](CCCCCCCCCCCc1cc(O)cc(O)c1C(=O)O)OS(=O)(=O)O. The number of phenolic OH excluding ortho intramolecular Hbond substituents is 1. The number of carboxylic acids is 1. The van der Waals surface area contributed by atoms with E-state index >= 15 is 0 Å². The van der Waals surface area contributed by atoms with E-state index in [1.165, 1.54) is 6.07 Å². The van der Waals surface area contributed by atoms with Crippen molar-refractivity contribution < 1.29 is 37.3 Å². The largest absolute Gasteiger partial charge is 0.508 e. The molecular formula is C24H40O8S. The monoisotopic (exact) mass is 488 g/mol. The van der Waals surface area contributed by atoms with Crippen LogP contribution in [0.1, 0.15) is 113 Å². The number of aromatic hydroxyl groups is 2. The van der Waals surface area contributed by atoms with Crippen LogP contribution in [0.25, 0.3) is 0 Å². The third kappa shape index (κ3) is 13.5. The smallest absolute Gasteiger partial charge is 0.397 e. The van der Waals surface area contributed by atoms with Crippen LogP contribution in [0.5, 0.6) is 11.5 Å². The summed E-state index contributed by atoms with van der Waals surface area (Å²) in [5.41, 5.74) is 0.313. The van der Waals surface area contributed by atoms with Crippen molar-refractivity contribution in [1.82, 2.24) is 0 Å². The normalized spacial score (nSPS) is 12.7. The van der Waals surface area contributed by atoms with E-state index in [1.54, 1.807) is 0 Å². The second kappa shape index (κ2) is 15.9. The molecule has 0 bridgehead atoms. The standard InChI is InChI=1S/C24H40O8S/c1-2-3-11-15-21(32-33(29,30)31)16-13-10-8-6-4-5-7-9-12-14-19-17-20(25)18-22(26)23(19)24(27)28/h17-18,21,25-26H,2-16H2,1H3,(H,27,28)(H,29,30,31)/t21-/m0/s1. The molecule has 0 fully saturated rings. The lowest BCUT2D eigenvalue weighted by Crippen LogP contribution is -2.18. The van der Waals surface area contributed by atoms with Gasteiger partial charge in [0.1, 0.15) is 17.1 Å². The maximum Gasteiger partial charge on any atom is 0.397 e. The van der Waals surface area contributed by atoms with Crippen LogP contribution in [0.4, 0.5) is 0 Å². The van der Waals surface area contributed by atoms with Crippen LogP contribution in [0.3, 0.4) is 0 Å². The summed E-state index contributed by atoms with van der Waals surface area (Å²) in [5, 5.41) is 28.6. The molecule has 0 saturated heterocycles. The molecule has 1 aromatic rings. The summed E-state index contributed by atoms with van der Waals surface area (Å²) < 4.78 is 35.7. The summed E-state index contributed by atoms with van der Waals surface area (Å²) in [6, 6.07) is 2.44. The van der Waals surface area contributed by atoms with Gasteiger partial charge in [-0.1, -0.05) is 77.6 Å². The number of phenols is 2. The molecule has 0 aliphatic carbocycles. The number of carbonyl (C=O) groups is 1. The number of carboxylic acid groups (broad SMARTS) is 1. The minimum Gasteiger partial charge on any atom is -0.508 e. The molecule has 0 aliphatic heterocycles. The fourth-order valence-corrected chi connectivity index (χ4v) is 4.61. The number of hydrogen-bond donors (Lipinski definition) is 4. The molecule has 4 N–H and O–H groups in total. The molecule has 1 aromatic carbocycles. The van der Waals surface area contributed by atoms with Crippen LogP contribution in [0, 0.1) is 0 Å². The summed E-state index contributed by atoms with van der Waals surface area (Å²) >= 11 is 0. The Hall–Kier alpha value is -1.84. The Bertz CT molecular complexity index is 807. The zero-order valence-electron chi connectivity index (χ0n) is 19.7. The third-order valence-electron chi connectivity index (χ3n) is 5.76. The predicted octanol–water partition coefficient (Wildman–Crippen LogP) is 6.01. The van der Waals surface area contributed by atoms with Crippen molar-refractivity contribution in [3.05, 3.63) is 23.3 Å². The first-order valence-corrected chi connectivity index (χ1v) is 13.4. The molecule has 1 rings (SSSR count). The molecule has 0 amide bonds. The van der Waals surface area contributed by atoms with Crippen LogP contribution in [-0.4, -0.2) is 40.4 Å². The van der Waals surface area contributed by atoms with Gasteiger partial charge in [0.2, 0.25) is 0 Å². The second-order valence-electron chi connectivity index (χ2n) is 8.67. The fraction of sp³-hybridized carbons (Fsp3) is 0.708. The molecule has 0 radical (unpaired) electrons. The Balaban J connectivity index is 2.15. The van der Waals surface area contributed by atoms with Gasteiger partial charge in [-0.15, -0.1) is 0 Å². The van der Waals surface area contributed by atoms with Gasteiger partial charge < -0.3 is 15.3 Å². The number of benzene rings is 1. The van der Waals surface area contributed by atoms with Gasteiger partial charge in [-0.3, -0.25) is 4.55 Å². The van der Waals surface area contributed by atoms with Gasteiger partial charge in [0.25, 0.3) is 0 Å². The Morgan fingerprint density at radius 3 is 1.91 bits per heavy atom. The predicted molar refractivity (Wildman–Crippen MR) is 127 cm³/mol. The van der Waals surface area contributed by atoms with Gasteiger partial charge in [-0.25, -0.2) is 8.98 Å². The van der Waals surface area contributed by atoms with E-state index in [1.807, 2.05) is 0 Å². The van der Waals surface area contributed by atoms with E-state index in [-0.39, 0.29) is 11.3 Å². The van der Waals surface area contributed by atoms with Gasteiger partial charge in [-0.2, -0.15) is 8.42 Å². The summed E-state index contributed by atoms with van der Waals surface area (Å²) in [7, 11) is -4.41. The lowest BCUT2D eigenvalue weighted by molar-refractivity contribution is 0.0692. The first-order valence-electron chi connectivity index (χ1n) is 12.1. The van der Waals surface area contributed by atoms with Crippen LogP contribution in [0.15, 0.2) is 12.1 Å². The van der Waals surface area contributed by atoms with Crippen LogP contribution in [0.2, 0.25) is 0 Å². The van der Waals surface area contributed by atoms with E-state index in [9.17, 15) is 28.5 Å². The van der Waals surface area contributed by atoms with Crippen molar-refractivity contribution >= 4 is 16.4 Å². The molecule has 9 heteroatoms. The molecule has 0 heterocycles. The van der Waals surface area contributed by atoms with Gasteiger partial charge in [0.15, 0.2) is 0 Å². The maximum atomic E-state index is 11.3. The minimum absolute atomic E-state index is 0.135. The first kappa shape index (κ1) is 29.2. The van der Waals surface area contributed by atoms with Gasteiger partial charge in [0.05, 0.1) is 6.10 Å². The topological polar surface area (TPSA) is 141 Å². The summed E-state index contributed by atoms with van der Waals surface area (Å²) in [4.78, 5) is 11.3. The molecule has 0 spiro atoms. The number of aryl methyl sites for hydroxylation is 1. The molecule has 0 aromatic heterocycles. The Morgan fingerprint density at radius 2 is 1.39 bits per heavy atom. The number of rotatable bonds is 19. The number of unbranched alkanes of at least 4 members (excludes halogenated alkanes) is 10. The van der Waals surface area contributed by atoms with Crippen LogP contribution >= 0.6 is 0 Å². The highest BCUT2D eigenvalue weighted by molar-refractivity contribution is 7.80. The molecule has 0 aliphatic rings. The molecule has 33 heavy (non-hydrogen) atoms. The van der Waals surface area contributed by atoms with Crippen molar-refractivity contribution in [2.75, 3.05) is 0 Å². The summed E-state index contributed by atoms with van der Waals surface area (Å²) in [6.45, 7) is 2.08.